The molecule has 0 saturated heterocycles. The quantitative estimate of drug-likeness (QED) is 0.338. The Labute approximate surface area is 221 Å². The van der Waals surface area contributed by atoms with Crippen LogP contribution in [0, 0.1) is 51.8 Å². The van der Waals surface area contributed by atoms with Gasteiger partial charge in [-0.1, -0.05) is 81.2 Å². The molecule has 2 N–H and O–H groups in total. The zero-order chi connectivity index (χ0) is 26.7. The molecule has 0 aliphatic heterocycles. The summed E-state index contributed by atoms with van der Waals surface area (Å²) in [5.74, 6) is 5.55. The van der Waals surface area contributed by atoms with E-state index in [-0.39, 0.29) is 5.54 Å². The van der Waals surface area contributed by atoms with Crippen LogP contribution < -0.4 is 5.73 Å². The Morgan fingerprint density at radius 2 is 1.31 bits per heavy atom. The molecule has 5 saturated carbocycles. The molecule has 8 atom stereocenters. The van der Waals surface area contributed by atoms with Crippen molar-refractivity contribution in [1.82, 2.24) is 0 Å². The van der Waals surface area contributed by atoms with Gasteiger partial charge in [-0.2, -0.15) is 0 Å². The van der Waals surface area contributed by atoms with E-state index in [1.807, 2.05) is 20.8 Å². The summed E-state index contributed by atoms with van der Waals surface area (Å²) < 4.78 is 0. The van der Waals surface area contributed by atoms with Gasteiger partial charge in [0, 0.05) is 5.54 Å². The molecular weight excluding hydrogens is 422 g/mol. The fraction of sp³-hybridized carbons (Fsp3) is 0.941. The molecule has 0 amide bonds. The molecule has 0 aromatic carbocycles. The Morgan fingerprint density at radius 1 is 0.714 bits per heavy atom. The summed E-state index contributed by atoms with van der Waals surface area (Å²) in [6.45, 7) is 26.4. The maximum absolute atomic E-state index is 6.95. The molecule has 0 aromatic heterocycles. The fourth-order valence-electron chi connectivity index (χ4n) is 10.4. The molecule has 5 aliphatic carbocycles. The van der Waals surface area contributed by atoms with Gasteiger partial charge in [-0.05, 0) is 123 Å². The van der Waals surface area contributed by atoms with Crippen LogP contribution in [0.5, 0.6) is 0 Å². The lowest BCUT2D eigenvalue weighted by Crippen LogP contribution is -2.63. The predicted molar refractivity (Wildman–Crippen MR) is 157 cm³/mol. The Balaban J connectivity index is 0.000000423. The SMILES string of the molecule is C=CC.CC.CC(C)C.CC1(C)CCCC2(C)C1CCC1(C)C3CCC4(N)CCC[C@@H]4C3CCC12. The first-order valence-electron chi connectivity index (χ1n) is 15.7. The second-order valence-electron chi connectivity index (χ2n) is 14.8. The Bertz CT molecular complexity index is 661. The fourth-order valence-corrected chi connectivity index (χ4v) is 10.4. The highest BCUT2D eigenvalue weighted by atomic mass is 14.8. The highest BCUT2D eigenvalue weighted by Gasteiger charge is 2.64. The van der Waals surface area contributed by atoms with Gasteiger partial charge in [0.25, 0.3) is 0 Å². The van der Waals surface area contributed by atoms with Gasteiger partial charge in [0.2, 0.25) is 0 Å². The van der Waals surface area contributed by atoms with Gasteiger partial charge >= 0.3 is 0 Å². The third-order valence-electron chi connectivity index (χ3n) is 11.3. The third-order valence-corrected chi connectivity index (χ3v) is 11.3. The molecular formula is C34H65N. The van der Waals surface area contributed by atoms with Gasteiger partial charge in [0.1, 0.15) is 0 Å². The first-order valence-corrected chi connectivity index (χ1v) is 15.7. The molecule has 0 spiro atoms. The van der Waals surface area contributed by atoms with Crippen LogP contribution in [-0.2, 0) is 0 Å². The van der Waals surface area contributed by atoms with Crippen LogP contribution >= 0.6 is 0 Å². The monoisotopic (exact) mass is 488 g/mol. The second-order valence-corrected chi connectivity index (χ2v) is 14.8. The average molecular weight is 488 g/mol. The van der Waals surface area contributed by atoms with E-state index in [0.717, 1.165) is 35.5 Å². The van der Waals surface area contributed by atoms with Crippen LogP contribution in [0.4, 0.5) is 0 Å². The van der Waals surface area contributed by atoms with Crippen molar-refractivity contribution in [3.63, 3.8) is 0 Å². The zero-order valence-corrected chi connectivity index (χ0v) is 25.8. The van der Waals surface area contributed by atoms with Gasteiger partial charge in [0.15, 0.2) is 0 Å². The lowest BCUT2D eigenvalue weighted by atomic mass is 9.37. The minimum atomic E-state index is 0.221. The highest BCUT2D eigenvalue weighted by molar-refractivity contribution is 5.15. The molecule has 35 heavy (non-hydrogen) atoms. The van der Waals surface area contributed by atoms with Crippen LogP contribution in [0.25, 0.3) is 0 Å². The van der Waals surface area contributed by atoms with Crippen LogP contribution in [0.1, 0.15) is 146 Å². The number of hydrogen-bond acceptors (Lipinski definition) is 1. The lowest BCUT2D eigenvalue weighted by molar-refractivity contribution is -0.190. The molecule has 5 rings (SSSR count). The van der Waals surface area contributed by atoms with E-state index < -0.39 is 0 Å². The summed E-state index contributed by atoms with van der Waals surface area (Å²) in [5.41, 5.74) is 8.94. The lowest BCUT2D eigenvalue weighted by Gasteiger charge is -2.68. The summed E-state index contributed by atoms with van der Waals surface area (Å²) in [7, 11) is 0. The van der Waals surface area contributed by atoms with Crippen molar-refractivity contribution in [2.75, 3.05) is 0 Å². The molecule has 5 fully saturated rings. The average Bonchev–Trinajstić information content (AvgIpc) is 3.16. The minimum absolute atomic E-state index is 0.221. The Hall–Kier alpha value is -0.300. The third kappa shape index (κ3) is 5.91. The van der Waals surface area contributed by atoms with E-state index in [1.54, 1.807) is 6.08 Å². The van der Waals surface area contributed by atoms with E-state index in [4.69, 9.17) is 5.73 Å². The first-order chi connectivity index (χ1) is 16.4. The maximum atomic E-state index is 6.95. The minimum Gasteiger partial charge on any atom is -0.325 e. The van der Waals surface area contributed by atoms with Crippen LogP contribution in [0.3, 0.4) is 0 Å². The maximum Gasteiger partial charge on any atom is 0.0185 e. The molecule has 0 bridgehead atoms. The van der Waals surface area contributed by atoms with Crippen molar-refractivity contribution in [2.24, 2.45) is 57.5 Å². The van der Waals surface area contributed by atoms with Gasteiger partial charge in [0.05, 0.1) is 0 Å². The van der Waals surface area contributed by atoms with E-state index in [1.165, 1.54) is 77.0 Å². The predicted octanol–water partition coefficient (Wildman–Crippen LogP) is 10.4. The summed E-state index contributed by atoms with van der Waals surface area (Å²) >= 11 is 0. The van der Waals surface area contributed by atoms with Crippen LogP contribution in [0.15, 0.2) is 12.7 Å². The van der Waals surface area contributed by atoms with E-state index in [2.05, 4.69) is 55.0 Å². The topological polar surface area (TPSA) is 26.0 Å². The summed E-state index contributed by atoms with van der Waals surface area (Å²) in [6, 6.07) is 0. The summed E-state index contributed by atoms with van der Waals surface area (Å²) in [4.78, 5) is 0. The standard InChI is InChI=1S/C25H43N.C4H10.C3H6.C2H6/c1-22(2)12-6-13-24(4)20(22)11-15-23(3)18-10-16-25(26)14-5-7-19(25)17(18)8-9-21(23)24;1-4(2)3;1-3-2;1-2/h17-21H,5-16,26H2,1-4H3;4H,1-3H3;3H,1H2,2H3;1-2H3/t17?,18?,19-,20?,21?,23?,24?,25?;;;/m1.../s1. The van der Waals surface area contributed by atoms with Crippen molar-refractivity contribution in [3.8, 4) is 0 Å². The molecule has 206 valence electrons. The number of fused-ring (bicyclic) bond motifs is 7. The molecule has 1 heteroatoms. The van der Waals surface area contributed by atoms with Gasteiger partial charge in [-0.15, -0.1) is 6.58 Å². The molecule has 0 radical (unpaired) electrons. The largest absolute Gasteiger partial charge is 0.325 e. The van der Waals surface area contributed by atoms with E-state index in [9.17, 15) is 0 Å². The van der Waals surface area contributed by atoms with E-state index >= 15 is 0 Å². The zero-order valence-electron chi connectivity index (χ0n) is 25.8. The van der Waals surface area contributed by atoms with Crippen molar-refractivity contribution < 1.29 is 0 Å². The number of nitrogens with two attached hydrogens (primary N) is 1. The Morgan fingerprint density at radius 3 is 1.91 bits per heavy atom. The molecule has 1 nitrogen and oxygen atoms in total. The molecule has 7 unspecified atom stereocenters. The van der Waals surface area contributed by atoms with Crippen molar-refractivity contribution in [3.05, 3.63) is 12.7 Å². The van der Waals surface area contributed by atoms with Crippen molar-refractivity contribution >= 4 is 0 Å². The first kappa shape index (κ1) is 30.9. The van der Waals surface area contributed by atoms with Gasteiger partial charge in [-0.3, -0.25) is 0 Å². The van der Waals surface area contributed by atoms with Crippen LogP contribution in [-0.4, -0.2) is 5.54 Å². The number of allylic oxidation sites excluding steroid dienone is 1. The summed E-state index contributed by atoms with van der Waals surface area (Å²) in [5, 5.41) is 0. The second kappa shape index (κ2) is 12.0. The van der Waals surface area contributed by atoms with Crippen LogP contribution in [0.2, 0.25) is 0 Å². The molecule has 0 aromatic rings. The number of rotatable bonds is 0. The van der Waals surface area contributed by atoms with Gasteiger partial charge in [-0.25, -0.2) is 0 Å². The van der Waals surface area contributed by atoms with Crippen molar-refractivity contribution in [2.45, 2.75) is 152 Å². The normalized spacial score (nSPS) is 44.9. The summed E-state index contributed by atoms with van der Waals surface area (Å²) in [6.07, 6.45) is 19.1. The molecule has 5 aliphatic rings. The highest BCUT2D eigenvalue weighted by Crippen LogP contribution is 2.71. The Kier molecular flexibility index (Phi) is 10.6. The van der Waals surface area contributed by atoms with E-state index in [0.29, 0.717) is 16.2 Å². The van der Waals surface area contributed by atoms with Crippen molar-refractivity contribution in [1.29, 1.82) is 0 Å². The molecule has 0 heterocycles. The smallest absolute Gasteiger partial charge is 0.0185 e. The number of hydrogen-bond donors (Lipinski definition) is 1. The van der Waals surface area contributed by atoms with Gasteiger partial charge < -0.3 is 5.73 Å².